The Morgan fingerprint density at radius 2 is 2.15 bits per heavy atom. The summed E-state index contributed by atoms with van der Waals surface area (Å²) >= 11 is 1.81. The Hall–Kier alpha value is -0.220. The van der Waals surface area contributed by atoms with Gasteiger partial charge in [0, 0.05) is 11.0 Å². The van der Waals surface area contributed by atoms with Gasteiger partial charge in [0.2, 0.25) is 5.91 Å². The standard InChI is InChI=1S/C9H20N2OS/c1-5-7(2)13-6-9(3,4)8(12)11-10/h7H,5-6,10H2,1-4H3,(H,11,12). The summed E-state index contributed by atoms with van der Waals surface area (Å²) < 4.78 is 0. The third-order valence-corrected chi connectivity index (χ3v) is 3.84. The zero-order valence-corrected chi connectivity index (χ0v) is 9.70. The smallest absolute Gasteiger partial charge is 0.240 e. The summed E-state index contributed by atoms with van der Waals surface area (Å²) in [5, 5.41) is 0.602. The number of carbonyl (C=O) groups is 1. The van der Waals surface area contributed by atoms with Crippen LogP contribution in [-0.2, 0) is 4.79 Å². The molecule has 78 valence electrons. The van der Waals surface area contributed by atoms with Crippen molar-refractivity contribution >= 4 is 17.7 Å². The van der Waals surface area contributed by atoms with Crippen LogP contribution in [0.2, 0.25) is 0 Å². The average molecular weight is 204 g/mol. The fourth-order valence-corrected chi connectivity index (χ4v) is 1.80. The largest absolute Gasteiger partial charge is 0.294 e. The zero-order chi connectivity index (χ0) is 10.5. The number of nitrogens with two attached hydrogens (primary N) is 1. The summed E-state index contributed by atoms with van der Waals surface area (Å²) in [6, 6.07) is 0. The number of thioether (sulfide) groups is 1. The number of rotatable bonds is 5. The third-order valence-electron chi connectivity index (χ3n) is 2.05. The molecular weight excluding hydrogens is 184 g/mol. The molecule has 3 N–H and O–H groups in total. The molecule has 0 aliphatic heterocycles. The first-order valence-corrected chi connectivity index (χ1v) is 5.61. The maximum atomic E-state index is 11.3. The Bertz CT molecular complexity index is 171. The lowest BCUT2D eigenvalue weighted by Crippen LogP contribution is -2.42. The highest BCUT2D eigenvalue weighted by atomic mass is 32.2. The molecular formula is C9H20N2OS. The molecule has 13 heavy (non-hydrogen) atoms. The number of nitrogens with one attached hydrogen (secondary N) is 1. The second kappa shape index (κ2) is 5.50. The molecule has 3 nitrogen and oxygen atoms in total. The molecule has 0 spiro atoms. The minimum Gasteiger partial charge on any atom is -0.294 e. The van der Waals surface area contributed by atoms with E-state index in [0.29, 0.717) is 5.25 Å². The Kier molecular flexibility index (Phi) is 5.40. The van der Waals surface area contributed by atoms with E-state index in [9.17, 15) is 4.79 Å². The van der Waals surface area contributed by atoms with Crippen LogP contribution in [0.3, 0.4) is 0 Å². The Balaban J connectivity index is 3.95. The fraction of sp³-hybridized carbons (Fsp3) is 0.889. The Morgan fingerprint density at radius 3 is 2.54 bits per heavy atom. The van der Waals surface area contributed by atoms with Gasteiger partial charge in [0.25, 0.3) is 0 Å². The minimum atomic E-state index is -0.372. The van der Waals surface area contributed by atoms with E-state index in [1.807, 2.05) is 25.6 Å². The molecule has 1 atom stereocenters. The van der Waals surface area contributed by atoms with Crippen molar-refractivity contribution in [1.82, 2.24) is 5.43 Å². The van der Waals surface area contributed by atoms with Crippen LogP contribution in [0.15, 0.2) is 0 Å². The van der Waals surface area contributed by atoms with Crippen molar-refractivity contribution in [2.45, 2.75) is 39.4 Å². The lowest BCUT2D eigenvalue weighted by Gasteiger charge is -2.23. The molecule has 1 unspecified atom stereocenters. The second-order valence-electron chi connectivity index (χ2n) is 3.89. The van der Waals surface area contributed by atoms with Crippen molar-refractivity contribution < 1.29 is 4.79 Å². The minimum absolute atomic E-state index is 0.0942. The molecule has 0 aromatic heterocycles. The predicted octanol–water partition coefficient (Wildman–Crippen LogP) is 1.53. The van der Waals surface area contributed by atoms with E-state index in [-0.39, 0.29) is 11.3 Å². The van der Waals surface area contributed by atoms with Crippen molar-refractivity contribution in [3.05, 3.63) is 0 Å². The molecule has 4 heteroatoms. The molecule has 0 radical (unpaired) electrons. The quantitative estimate of drug-likeness (QED) is 0.406. The second-order valence-corrected chi connectivity index (χ2v) is 5.31. The number of amides is 1. The summed E-state index contributed by atoms with van der Waals surface area (Å²) in [6.45, 7) is 8.13. The van der Waals surface area contributed by atoms with Crippen LogP contribution in [0, 0.1) is 5.41 Å². The summed E-state index contributed by atoms with van der Waals surface area (Å²) in [7, 11) is 0. The monoisotopic (exact) mass is 204 g/mol. The van der Waals surface area contributed by atoms with E-state index < -0.39 is 0 Å². The zero-order valence-electron chi connectivity index (χ0n) is 8.89. The lowest BCUT2D eigenvalue weighted by atomic mass is 9.96. The third kappa shape index (κ3) is 4.52. The molecule has 0 fully saturated rings. The maximum absolute atomic E-state index is 11.3. The number of hydrazine groups is 1. The topological polar surface area (TPSA) is 55.1 Å². The molecule has 0 heterocycles. The SMILES string of the molecule is CCC(C)SCC(C)(C)C(=O)NN. The van der Waals surface area contributed by atoms with E-state index >= 15 is 0 Å². The summed E-state index contributed by atoms with van der Waals surface area (Å²) in [6.07, 6.45) is 1.13. The van der Waals surface area contributed by atoms with Crippen LogP contribution in [0.5, 0.6) is 0 Å². The van der Waals surface area contributed by atoms with E-state index in [2.05, 4.69) is 19.3 Å². The summed E-state index contributed by atoms with van der Waals surface area (Å²) in [4.78, 5) is 11.3. The molecule has 0 aliphatic carbocycles. The molecule has 0 saturated heterocycles. The van der Waals surface area contributed by atoms with Gasteiger partial charge in [0.1, 0.15) is 0 Å². The highest BCUT2D eigenvalue weighted by Gasteiger charge is 2.27. The highest BCUT2D eigenvalue weighted by molar-refractivity contribution is 7.99. The van der Waals surface area contributed by atoms with Gasteiger partial charge in [0.05, 0.1) is 5.41 Å². The van der Waals surface area contributed by atoms with Gasteiger partial charge in [-0.15, -0.1) is 0 Å². The van der Waals surface area contributed by atoms with Crippen LogP contribution in [0.25, 0.3) is 0 Å². The van der Waals surface area contributed by atoms with Gasteiger partial charge >= 0.3 is 0 Å². The van der Waals surface area contributed by atoms with Gasteiger partial charge in [-0.05, 0) is 6.42 Å². The molecule has 0 aliphatic rings. The van der Waals surface area contributed by atoms with E-state index in [1.165, 1.54) is 0 Å². The first-order chi connectivity index (χ1) is 5.94. The van der Waals surface area contributed by atoms with E-state index in [0.717, 1.165) is 12.2 Å². The number of hydrogen-bond donors (Lipinski definition) is 2. The lowest BCUT2D eigenvalue weighted by molar-refractivity contribution is -0.128. The molecule has 0 aromatic rings. The van der Waals surface area contributed by atoms with Crippen molar-refractivity contribution in [2.75, 3.05) is 5.75 Å². The van der Waals surface area contributed by atoms with Crippen LogP contribution in [0.1, 0.15) is 34.1 Å². The first kappa shape index (κ1) is 12.8. The summed E-state index contributed by atoms with van der Waals surface area (Å²) in [5.74, 6) is 5.80. The summed E-state index contributed by atoms with van der Waals surface area (Å²) in [5.41, 5.74) is 1.82. The van der Waals surface area contributed by atoms with Gasteiger partial charge in [0.15, 0.2) is 0 Å². The molecule has 0 aromatic carbocycles. The average Bonchev–Trinajstić information content (AvgIpc) is 2.12. The van der Waals surface area contributed by atoms with Gasteiger partial charge in [-0.25, -0.2) is 5.84 Å². The van der Waals surface area contributed by atoms with E-state index in [4.69, 9.17) is 5.84 Å². The van der Waals surface area contributed by atoms with Gasteiger partial charge in [-0.2, -0.15) is 11.8 Å². The first-order valence-electron chi connectivity index (χ1n) is 4.56. The van der Waals surface area contributed by atoms with Crippen LogP contribution in [-0.4, -0.2) is 16.9 Å². The van der Waals surface area contributed by atoms with Crippen molar-refractivity contribution in [3.63, 3.8) is 0 Å². The van der Waals surface area contributed by atoms with Crippen molar-refractivity contribution in [3.8, 4) is 0 Å². The molecule has 0 bridgehead atoms. The Morgan fingerprint density at radius 1 is 1.62 bits per heavy atom. The van der Waals surface area contributed by atoms with E-state index in [1.54, 1.807) is 0 Å². The van der Waals surface area contributed by atoms with Crippen LogP contribution in [0.4, 0.5) is 0 Å². The fourth-order valence-electron chi connectivity index (χ4n) is 0.729. The number of carbonyl (C=O) groups excluding carboxylic acids is 1. The van der Waals surface area contributed by atoms with Gasteiger partial charge in [-0.3, -0.25) is 10.2 Å². The maximum Gasteiger partial charge on any atom is 0.240 e. The highest BCUT2D eigenvalue weighted by Crippen LogP contribution is 2.25. The van der Waals surface area contributed by atoms with Crippen LogP contribution < -0.4 is 11.3 Å². The number of hydrogen-bond acceptors (Lipinski definition) is 3. The normalized spacial score (nSPS) is 13.9. The van der Waals surface area contributed by atoms with Crippen LogP contribution >= 0.6 is 11.8 Å². The Labute approximate surface area is 84.8 Å². The van der Waals surface area contributed by atoms with Crippen molar-refractivity contribution in [2.24, 2.45) is 11.3 Å². The molecule has 0 saturated carbocycles. The van der Waals surface area contributed by atoms with Crippen molar-refractivity contribution in [1.29, 1.82) is 0 Å². The molecule has 0 rings (SSSR count). The van der Waals surface area contributed by atoms with Gasteiger partial charge < -0.3 is 0 Å². The predicted molar refractivity (Wildman–Crippen MR) is 58.3 cm³/mol. The van der Waals surface area contributed by atoms with Gasteiger partial charge in [-0.1, -0.05) is 27.7 Å². The molecule has 1 amide bonds.